The molecule has 0 aromatic heterocycles. The van der Waals surface area contributed by atoms with Crippen LogP contribution in [0.15, 0.2) is 53.4 Å². The van der Waals surface area contributed by atoms with E-state index in [0.717, 1.165) is 12.8 Å². The number of aliphatic hydroxyl groups excluding tert-OH is 1. The maximum Gasteiger partial charge on any atom is 0.261 e. The topological polar surface area (TPSA) is 86.7 Å². The van der Waals surface area contributed by atoms with E-state index in [1.165, 1.54) is 24.3 Å². The van der Waals surface area contributed by atoms with E-state index in [9.17, 15) is 18.3 Å². The second-order valence-electron chi connectivity index (χ2n) is 6.58. The molecule has 2 aromatic carbocycles. The molecular weight excluding hydrogens is 388 g/mol. The lowest BCUT2D eigenvalue weighted by Crippen LogP contribution is -2.40. The molecule has 0 spiro atoms. The first-order chi connectivity index (χ1) is 12.9. The van der Waals surface area contributed by atoms with E-state index in [1.807, 2.05) is 0 Å². The number of anilines is 1. The molecule has 0 bridgehead atoms. The molecule has 1 heterocycles. The highest BCUT2D eigenvalue weighted by Crippen LogP contribution is 2.21. The van der Waals surface area contributed by atoms with Crippen molar-refractivity contribution in [2.75, 3.05) is 24.4 Å². The first-order valence-corrected chi connectivity index (χ1v) is 10.5. The van der Waals surface area contributed by atoms with E-state index in [0.29, 0.717) is 29.4 Å². The molecule has 1 saturated heterocycles. The first kappa shape index (κ1) is 19.7. The predicted molar refractivity (Wildman–Crippen MR) is 104 cm³/mol. The number of sulfonamides is 1. The molecule has 2 N–H and O–H groups in total. The van der Waals surface area contributed by atoms with Crippen LogP contribution >= 0.6 is 11.6 Å². The lowest BCUT2D eigenvalue weighted by atomic mass is 9.98. The normalized spacial score (nSPS) is 17.6. The fourth-order valence-electron chi connectivity index (χ4n) is 3.09. The quantitative estimate of drug-likeness (QED) is 0.796. The zero-order chi connectivity index (χ0) is 19.4. The number of aliphatic hydroxyl groups is 1. The van der Waals surface area contributed by atoms with Crippen molar-refractivity contribution in [2.24, 2.45) is 5.92 Å². The number of benzene rings is 2. The zero-order valence-corrected chi connectivity index (χ0v) is 16.2. The highest BCUT2D eigenvalue weighted by Gasteiger charge is 2.24. The number of halogens is 1. The third-order valence-electron chi connectivity index (χ3n) is 4.57. The second-order valence-corrected chi connectivity index (χ2v) is 8.70. The average molecular weight is 409 g/mol. The van der Waals surface area contributed by atoms with Gasteiger partial charge in [-0.1, -0.05) is 11.6 Å². The van der Waals surface area contributed by atoms with Crippen LogP contribution in [0, 0.1) is 5.92 Å². The van der Waals surface area contributed by atoms with Gasteiger partial charge in [0, 0.05) is 36.0 Å². The van der Waals surface area contributed by atoms with Crippen LogP contribution in [0.3, 0.4) is 0 Å². The number of carbonyl (C=O) groups excluding carboxylic acids is 1. The summed E-state index contributed by atoms with van der Waals surface area (Å²) in [5, 5.41) is 9.82. The van der Waals surface area contributed by atoms with Gasteiger partial charge in [-0.2, -0.15) is 0 Å². The van der Waals surface area contributed by atoms with Crippen LogP contribution in [0.5, 0.6) is 0 Å². The van der Waals surface area contributed by atoms with Gasteiger partial charge in [0.05, 0.1) is 4.90 Å². The Kier molecular flexibility index (Phi) is 6.04. The summed E-state index contributed by atoms with van der Waals surface area (Å²) in [6.07, 6.45) is 1.77. The van der Waals surface area contributed by atoms with Crippen LogP contribution in [-0.2, 0) is 10.0 Å². The summed E-state index contributed by atoms with van der Waals surface area (Å²) in [5.41, 5.74) is 0.835. The summed E-state index contributed by atoms with van der Waals surface area (Å²) in [6.45, 7) is 1.23. The third kappa shape index (κ3) is 4.80. The van der Waals surface area contributed by atoms with Crippen molar-refractivity contribution in [3.8, 4) is 0 Å². The number of hydrogen-bond donors (Lipinski definition) is 2. The van der Waals surface area contributed by atoms with Gasteiger partial charge in [0.1, 0.15) is 0 Å². The minimum Gasteiger partial charge on any atom is -0.396 e. The van der Waals surface area contributed by atoms with Crippen molar-refractivity contribution in [3.05, 3.63) is 59.1 Å². The summed E-state index contributed by atoms with van der Waals surface area (Å²) >= 11 is 5.80. The molecule has 1 unspecified atom stereocenters. The molecule has 144 valence electrons. The Morgan fingerprint density at radius 1 is 1.15 bits per heavy atom. The number of nitrogens with zero attached hydrogens (tertiary/aromatic N) is 1. The fraction of sp³-hybridized carbons (Fsp3) is 0.316. The second kappa shape index (κ2) is 8.29. The Bertz CT molecular complexity index is 898. The lowest BCUT2D eigenvalue weighted by molar-refractivity contribution is 0.0620. The molecule has 0 aliphatic carbocycles. The van der Waals surface area contributed by atoms with E-state index in [-0.39, 0.29) is 23.3 Å². The van der Waals surface area contributed by atoms with Crippen molar-refractivity contribution < 1.29 is 18.3 Å². The highest BCUT2D eigenvalue weighted by atomic mass is 35.5. The molecule has 0 radical (unpaired) electrons. The fourth-order valence-corrected chi connectivity index (χ4v) is 4.27. The van der Waals surface area contributed by atoms with Crippen molar-refractivity contribution in [1.82, 2.24) is 4.90 Å². The van der Waals surface area contributed by atoms with Crippen LogP contribution in [0.25, 0.3) is 0 Å². The molecule has 1 aliphatic rings. The molecule has 1 aliphatic heterocycles. The average Bonchev–Trinajstić information content (AvgIpc) is 2.69. The number of hydrogen-bond acceptors (Lipinski definition) is 4. The molecule has 8 heteroatoms. The Balaban J connectivity index is 1.72. The Morgan fingerprint density at radius 3 is 2.44 bits per heavy atom. The van der Waals surface area contributed by atoms with Gasteiger partial charge in [0.2, 0.25) is 0 Å². The van der Waals surface area contributed by atoms with Gasteiger partial charge < -0.3 is 10.0 Å². The summed E-state index contributed by atoms with van der Waals surface area (Å²) in [5.74, 6) is -0.0475. The minimum absolute atomic E-state index is 0.0668. The van der Waals surface area contributed by atoms with Gasteiger partial charge in [-0.3, -0.25) is 9.52 Å². The predicted octanol–water partition coefficient (Wildman–Crippen LogP) is 2.99. The molecule has 2 aromatic rings. The molecule has 3 rings (SSSR count). The minimum atomic E-state index is -3.76. The van der Waals surface area contributed by atoms with E-state index in [2.05, 4.69) is 4.72 Å². The Morgan fingerprint density at radius 2 is 1.81 bits per heavy atom. The van der Waals surface area contributed by atoms with E-state index in [1.54, 1.807) is 29.2 Å². The number of amides is 1. The molecule has 27 heavy (non-hydrogen) atoms. The zero-order valence-electron chi connectivity index (χ0n) is 14.6. The van der Waals surface area contributed by atoms with Crippen molar-refractivity contribution in [1.29, 1.82) is 0 Å². The maximum atomic E-state index is 12.6. The molecule has 0 saturated carbocycles. The molecule has 6 nitrogen and oxygen atoms in total. The Hall–Kier alpha value is -2.09. The van der Waals surface area contributed by atoms with Crippen LogP contribution in [0.1, 0.15) is 23.2 Å². The molecule has 1 fully saturated rings. The standard InChI is InChI=1S/C19H21ClN2O4S/c20-16-5-7-17(8-6-16)21-27(25,26)18-9-3-15(4-10-18)19(24)22-11-1-2-14(12-22)13-23/h3-10,14,21,23H,1-2,11-13H2. The van der Waals surface area contributed by atoms with Gasteiger partial charge in [-0.15, -0.1) is 0 Å². The molecule has 1 atom stereocenters. The van der Waals surface area contributed by atoms with Crippen molar-refractivity contribution in [3.63, 3.8) is 0 Å². The summed E-state index contributed by atoms with van der Waals surface area (Å²) in [7, 11) is -3.76. The van der Waals surface area contributed by atoms with Crippen LogP contribution in [-0.4, -0.2) is 44.0 Å². The summed E-state index contributed by atoms with van der Waals surface area (Å²) in [4.78, 5) is 14.4. The van der Waals surface area contributed by atoms with E-state index in [4.69, 9.17) is 11.6 Å². The maximum absolute atomic E-state index is 12.6. The van der Waals surface area contributed by atoms with Crippen LogP contribution in [0.2, 0.25) is 5.02 Å². The highest BCUT2D eigenvalue weighted by molar-refractivity contribution is 7.92. The number of nitrogens with one attached hydrogen (secondary N) is 1. The van der Waals surface area contributed by atoms with E-state index < -0.39 is 10.0 Å². The molecule has 1 amide bonds. The molecular formula is C19H21ClN2O4S. The number of piperidine rings is 1. The summed E-state index contributed by atoms with van der Waals surface area (Å²) < 4.78 is 27.4. The van der Waals surface area contributed by atoms with Crippen molar-refractivity contribution in [2.45, 2.75) is 17.7 Å². The van der Waals surface area contributed by atoms with Crippen LogP contribution in [0.4, 0.5) is 5.69 Å². The van der Waals surface area contributed by atoms with Gasteiger partial charge in [0.25, 0.3) is 15.9 Å². The van der Waals surface area contributed by atoms with Gasteiger partial charge >= 0.3 is 0 Å². The SMILES string of the molecule is O=C(c1ccc(S(=O)(=O)Nc2ccc(Cl)cc2)cc1)N1CCCC(CO)C1. The van der Waals surface area contributed by atoms with Gasteiger partial charge in [-0.05, 0) is 67.3 Å². The lowest BCUT2D eigenvalue weighted by Gasteiger charge is -2.31. The third-order valence-corrected chi connectivity index (χ3v) is 6.22. The summed E-state index contributed by atoms with van der Waals surface area (Å²) in [6, 6.07) is 12.2. The van der Waals surface area contributed by atoms with Gasteiger partial charge in [-0.25, -0.2) is 8.42 Å². The monoisotopic (exact) mass is 408 g/mol. The number of carbonyl (C=O) groups is 1. The van der Waals surface area contributed by atoms with Crippen LogP contribution < -0.4 is 4.72 Å². The number of likely N-dealkylation sites (tertiary alicyclic amines) is 1. The largest absolute Gasteiger partial charge is 0.396 e. The van der Waals surface area contributed by atoms with Gasteiger partial charge in [0.15, 0.2) is 0 Å². The Labute approximate surface area is 163 Å². The van der Waals surface area contributed by atoms with Crippen molar-refractivity contribution >= 4 is 33.2 Å². The number of rotatable bonds is 5. The smallest absolute Gasteiger partial charge is 0.261 e. The first-order valence-electron chi connectivity index (χ1n) is 8.67. The van der Waals surface area contributed by atoms with E-state index >= 15 is 0 Å².